The molecule has 0 amide bonds. The van der Waals surface area contributed by atoms with Gasteiger partial charge in [-0.2, -0.15) is 18.4 Å². The van der Waals surface area contributed by atoms with E-state index in [1.54, 1.807) is 6.07 Å². The number of alkyl halides is 3. The SMILES string of the molecule is N#Cc1cc(C(F)(F)F)ccc1NCc1cc(Br)cs1. The van der Waals surface area contributed by atoms with Gasteiger partial charge in [0, 0.05) is 21.3 Å². The molecule has 0 aliphatic heterocycles. The number of anilines is 1. The van der Waals surface area contributed by atoms with Crippen LogP contribution in [0.5, 0.6) is 0 Å². The number of thiophene rings is 1. The minimum atomic E-state index is -4.44. The Hall–Kier alpha value is -1.52. The van der Waals surface area contributed by atoms with E-state index in [0.29, 0.717) is 12.2 Å². The number of nitrogens with one attached hydrogen (secondary N) is 1. The lowest BCUT2D eigenvalue weighted by Crippen LogP contribution is -2.07. The highest BCUT2D eigenvalue weighted by molar-refractivity contribution is 9.10. The van der Waals surface area contributed by atoms with Crippen molar-refractivity contribution in [3.8, 4) is 6.07 Å². The van der Waals surface area contributed by atoms with E-state index < -0.39 is 11.7 Å². The predicted octanol–water partition coefficient (Wildman–Crippen LogP) is 5.01. The molecule has 0 bridgehead atoms. The zero-order valence-corrected chi connectivity index (χ0v) is 12.4. The summed E-state index contributed by atoms with van der Waals surface area (Å²) in [5, 5.41) is 13.8. The molecule has 2 nitrogen and oxygen atoms in total. The van der Waals surface area contributed by atoms with Gasteiger partial charge in [-0.25, -0.2) is 0 Å². The lowest BCUT2D eigenvalue weighted by molar-refractivity contribution is -0.137. The van der Waals surface area contributed by atoms with Gasteiger partial charge in [-0.1, -0.05) is 0 Å². The fourth-order valence-electron chi connectivity index (χ4n) is 1.60. The second-order valence-corrected chi connectivity index (χ2v) is 5.87. The van der Waals surface area contributed by atoms with Crippen LogP contribution in [0, 0.1) is 11.3 Å². The Labute approximate surface area is 126 Å². The minimum Gasteiger partial charge on any atom is -0.379 e. The van der Waals surface area contributed by atoms with E-state index in [4.69, 9.17) is 5.26 Å². The molecule has 0 aliphatic rings. The molecule has 1 aromatic carbocycles. The zero-order valence-electron chi connectivity index (χ0n) is 9.96. The van der Waals surface area contributed by atoms with Gasteiger partial charge in [0.25, 0.3) is 0 Å². The van der Waals surface area contributed by atoms with E-state index in [1.165, 1.54) is 17.4 Å². The van der Waals surface area contributed by atoms with Crippen LogP contribution in [-0.4, -0.2) is 0 Å². The second kappa shape index (κ2) is 5.85. The molecular weight excluding hydrogens is 353 g/mol. The molecule has 1 heterocycles. The Morgan fingerprint density at radius 1 is 1.30 bits per heavy atom. The van der Waals surface area contributed by atoms with Gasteiger partial charge in [0.15, 0.2) is 0 Å². The maximum absolute atomic E-state index is 12.6. The number of nitriles is 1. The van der Waals surface area contributed by atoms with Gasteiger partial charge < -0.3 is 5.32 Å². The third-order valence-electron chi connectivity index (χ3n) is 2.54. The third-order valence-corrected chi connectivity index (χ3v) is 4.24. The minimum absolute atomic E-state index is 0.0181. The first kappa shape index (κ1) is 14.9. The van der Waals surface area contributed by atoms with Crippen LogP contribution in [0.25, 0.3) is 0 Å². The molecule has 1 N–H and O–H groups in total. The van der Waals surface area contributed by atoms with Crippen molar-refractivity contribution in [2.45, 2.75) is 12.7 Å². The van der Waals surface area contributed by atoms with Crippen LogP contribution < -0.4 is 5.32 Å². The Kier molecular flexibility index (Phi) is 4.35. The van der Waals surface area contributed by atoms with Crippen LogP contribution in [0.2, 0.25) is 0 Å². The second-order valence-electron chi connectivity index (χ2n) is 3.95. The summed E-state index contributed by atoms with van der Waals surface area (Å²) in [4.78, 5) is 1.01. The van der Waals surface area contributed by atoms with E-state index in [-0.39, 0.29) is 5.56 Å². The molecule has 0 atom stereocenters. The van der Waals surface area contributed by atoms with Crippen molar-refractivity contribution < 1.29 is 13.2 Å². The first-order valence-corrected chi connectivity index (χ1v) is 7.15. The standard InChI is InChI=1S/C13H8BrF3N2S/c14-10-4-11(20-7-10)6-19-12-2-1-9(13(15,16)17)3-8(12)5-18/h1-4,7,19H,6H2. The van der Waals surface area contributed by atoms with Crippen molar-refractivity contribution in [3.63, 3.8) is 0 Å². The Bertz CT molecular complexity index is 658. The van der Waals surface area contributed by atoms with E-state index in [2.05, 4.69) is 21.2 Å². The molecule has 2 rings (SSSR count). The third kappa shape index (κ3) is 3.52. The Morgan fingerprint density at radius 3 is 2.60 bits per heavy atom. The van der Waals surface area contributed by atoms with Crippen LogP contribution in [0.15, 0.2) is 34.1 Å². The summed E-state index contributed by atoms with van der Waals surface area (Å²) in [5.74, 6) is 0. The maximum Gasteiger partial charge on any atom is 0.416 e. The highest BCUT2D eigenvalue weighted by Crippen LogP contribution is 2.32. The summed E-state index contributed by atoms with van der Waals surface area (Å²) < 4.78 is 38.6. The normalized spacial score (nSPS) is 11.2. The van der Waals surface area contributed by atoms with Gasteiger partial charge in [-0.3, -0.25) is 0 Å². The van der Waals surface area contributed by atoms with Crippen LogP contribution in [0.4, 0.5) is 18.9 Å². The first-order chi connectivity index (χ1) is 9.40. The van der Waals surface area contributed by atoms with Crippen molar-refractivity contribution in [2.24, 2.45) is 0 Å². The molecule has 7 heteroatoms. The van der Waals surface area contributed by atoms with E-state index in [0.717, 1.165) is 21.5 Å². The maximum atomic E-state index is 12.6. The number of hydrogen-bond donors (Lipinski definition) is 1. The zero-order chi connectivity index (χ0) is 14.8. The molecule has 0 unspecified atom stereocenters. The van der Waals surface area contributed by atoms with Gasteiger partial charge in [0.2, 0.25) is 0 Å². The van der Waals surface area contributed by atoms with E-state index >= 15 is 0 Å². The molecule has 1 aromatic heterocycles. The average molecular weight is 361 g/mol. The molecule has 0 saturated carbocycles. The lowest BCUT2D eigenvalue weighted by atomic mass is 10.1. The monoisotopic (exact) mass is 360 g/mol. The molecule has 0 aliphatic carbocycles. The summed E-state index contributed by atoms with van der Waals surface area (Å²) in [5.41, 5.74) is -0.445. The molecule has 104 valence electrons. The Balaban J connectivity index is 2.18. The van der Waals surface area contributed by atoms with Gasteiger partial charge in [0.1, 0.15) is 6.07 Å². The van der Waals surface area contributed by atoms with Crippen molar-refractivity contribution in [1.29, 1.82) is 5.26 Å². The summed E-state index contributed by atoms with van der Waals surface area (Å²) in [6, 6.07) is 6.79. The van der Waals surface area contributed by atoms with Gasteiger partial charge >= 0.3 is 6.18 Å². The number of nitrogens with zero attached hydrogens (tertiary/aromatic N) is 1. The first-order valence-electron chi connectivity index (χ1n) is 5.48. The van der Waals surface area contributed by atoms with E-state index in [9.17, 15) is 13.2 Å². The molecule has 0 saturated heterocycles. The molecule has 2 aromatic rings. The number of halogens is 4. The highest BCUT2D eigenvalue weighted by atomic mass is 79.9. The molecule has 20 heavy (non-hydrogen) atoms. The largest absolute Gasteiger partial charge is 0.416 e. The number of rotatable bonds is 3. The summed E-state index contributed by atoms with van der Waals surface area (Å²) >= 11 is 4.84. The van der Waals surface area contributed by atoms with Crippen molar-refractivity contribution in [3.05, 3.63) is 50.1 Å². The van der Waals surface area contributed by atoms with Gasteiger partial charge in [-0.05, 0) is 40.2 Å². The lowest BCUT2D eigenvalue weighted by Gasteiger charge is -2.11. The smallest absolute Gasteiger partial charge is 0.379 e. The average Bonchev–Trinajstić information content (AvgIpc) is 2.81. The van der Waals surface area contributed by atoms with Crippen LogP contribution in [0.3, 0.4) is 0 Å². The van der Waals surface area contributed by atoms with Crippen molar-refractivity contribution in [1.82, 2.24) is 0 Å². The Morgan fingerprint density at radius 2 is 2.05 bits per heavy atom. The quantitative estimate of drug-likeness (QED) is 0.834. The van der Waals surface area contributed by atoms with Crippen LogP contribution in [-0.2, 0) is 12.7 Å². The highest BCUT2D eigenvalue weighted by Gasteiger charge is 2.31. The summed E-state index contributed by atoms with van der Waals surface area (Å²) in [6.45, 7) is 0.455. The molecule has 0 radical (unpaired) electrons. The van der Waals surface area contributed by atoms with Gasteiger partial charge in [0.05, 0.1) is 16.8 Å². The van der Waals surface area contributed by atoms with Crippen molar-refractivity contribution >= 4 is 33.0 Å². The van der Waals surface area contributed by atoms with Gasteiger partial charge in [-0.15, -0.1) is 11.3 Å². The number of hydrogen-bond acceptors (Lipinski definition) is 3. The fourth-order valence-corrected chi connectivity index (χ4v) is 2.99. The van der Waals surface area contributed by atoms with Crippen LogP contribution >= 0.6 is 27.3 Å². The van der Waals surface area contributed by atoms with Crippen LogP contribution in [0.1, 0.15) is 16.0 Å². The molecule has 0 spiro atoms. The van der Waals surface area contributed by atoms with E-state index in [1.807, 2.05) is 11.4 Å². The summed E-state index contributed by atoms with van der Waals surface area (Å²) in [6.07, 6.45) is -4.44. The topological polar surface area (TPSA) is 35.8 Å². The summed E-state index contributed by atoms with van der Waals surface area (Å²) in [7, 11) is 0. The van der Waals surface area contributed by atoms with Crippen molar-refractivity contribution in [2.75, 3.05) is 5.32 Å². The molecular formula is C13H8BrF3N2S. The fraction of sp³-hybridized carbons (Fsp3) is 0.154. The molecule has 0 fully saturated rings. The number of benzene rings is 1. The predicted molar refractivity (Wildman–Crippen MR) is 75.5 cm³/mol.